The van der Waals surface area contributed by atoms with Gasteiger partial charge in [0.25, 0.3) is 5.91 Å². The molecule has 0 bridgehead atoms. The minimum absolute atomic E-state index is 0.0871. The Morgan fingerprint density at radius 3 is 2.55 bits per heavy atom. The van der Waals surface area contributed by atoms with Gasteiger partial charge >= 0.3 is 0 Å². The largest absolute Gasteiger partial charge is 0.496 e. The number of amides is 1. The highest BCUT2D eigenvalue weighted by Gasteiger charge is 2.33. The Balaban J connectivity index is 1.70. The molecule has 0 saturated carbocycles. The molecule has 1 aromatic heterocycles. The van der Waals surface area contributed by atoms with Gasteiger partial charge in [0.15, 0.2) is 11.5 Å². The van der Waals surface area contributed by atoms with Gasteiger partial charge in [-0.05, 0) is 19.1 Å². The second kappa shape index (κ2) is 8.69. The third kappa shape index (κ3) is 3.79. The van der Waals surface area contributed by atoms with Crippen molar-refractivity contribution in [1.82, 2.24) is 9.88 Å². The summed E-state index contributed by atoms with van der Waals surface area (Å²) in [6.45, 7) is 2.78. The number of halogens is 1. The van der Waals surface area contributed by atoms with Gasteiger partial charge in [-0.1, -0.05) is 29.8 Å². The van der Waals surface area contributed by atoms with E-state index in [-0.39, 0.29) is 18.1 Å². The van der Waals surface area contributed by atoms with Gasteiger partial charge in [-0.25, -0.2) is 0 Å². The number of carbonyl (C=O) groups is 1. The van der Waals surface area contributed by atoms with Crippen LogP contribution in [0.5, 0.6) is 17.2 Å². The number of benzene rings is 2. The number of rotatable bonds is 5. The predicted octanol–water partition coefficient (Wildman–Crippen LogP) is 4.45. The van der Waals surface area contributed by atoms with E-state index >= 15 is 0 Å². The summed E-state index contributed by atoms with van der Waals surface area (Å²) in [5, 5.41) is 1.37. The summed E-state index contributed by atoms with van der Waals surface area (Å²) in [7, 11) is 4.69. The van der Waals surface area contributed by atoms with Crippen LogP contribution in [0.3, 0.4) is 0 Å². The molecule has 0 aliphatic carbocycles. The monoisotopic (exact) mass is 444 g/mol. The molecule has 31 heavy (non-hydrogen) atoms. The molecule has 1 amide bonds. The SMILES string of the molecule is COc1cc(OC)c2cc(C(=O)N3C[C@H](c4ccccc4Cl)OC[C@H]3C)[nH]c2c1OC. The molecule has 1 fully saturated rings. The van der Waals surface area contributed by atoms with Gasteiger partial charge in [-0.3, -0.25) is 4.79 Å². The van der Waals surface area contributed by atoms with Crippen LogP contribution in [0.4, 0.5) is 0 Å². The fourth-order valence-corrected chi connectivity index (χ4v) is 4.23. The quantitative estimate of drug-likeness (QED) is 0.629. The van der Waals surface area contributed by atoms with E-state index in [9.17, 15) is 4.79 Å². The fourth-order valence-electron chi connectivity index (χ4n) is 3.97. The van der Waals surface area contributed by atoms with Crippen molar-refractivity contribution in [3.8, 4) is 17.2 Å². The third-order valence-electron chi connectivity index (χ3n) is 5.62. The number of hydrogen-bond donors (Lipinski definition) is 1. The molecule has 0 unspecified atom stereocenters. The van der Waals surface area contributed by atoms with Crippen molar-refractivity contribution >= 4 is 28.4 Å². The van der Waals surface area contributed by atoms with Crippen molar-refractivity contribution in [3.63, 3.8) is 0 Å². The van der Waals surface area contributed by atoms with Gasteiger partial charge in [0.1, 0.15) is 17.5 Å². The highest BCUT2D eigenvalue weighted by molar-refractivity contribution is 6.31. The lowest BCUT2D eigenvalue weighted by atomic mass is 10.1. The Labute approximate surface area is 185 Å². The van der Waals surface area contributed by atoms with Crippen LogP contribution in [0.2, 0.25) is 5.02 Å². The number of fused-ring (bicyclic) bond motifs is 1. The van der Waals surface area contributed by atoms with E-state index in [0.717, 1.165) is 10.9 Å². The Bertz CT molecular complexity index is 1110. The Morgan fingerprint density at radius 2 is 1.87 bits per heavy atom. The summed E-state index contributed by atoms with van der Waals surface area (Å²) in [6, 6.07) is 11.0. The summed E-state index contributed by atoms with van der Waals surface area (Å²) >= 11 is 6.36. The molecule has 0 radical (unpaired) electrons. The number of nitrogens with zero attached hydrogens (tertiary/aromatic N) is 1. The van der Waals surface area contributed by atoms with Crippen molar-refractivity contribution in [3.05, 3.63) is 52.7 Å². The van der Waals surface area contributed by atoms with E-state index in [1.54, 1.807) is 38.4 Å². The molecule has 1 aliphatic rings. The molecule has 0 spiro atoms. The van der Waals surface area contributed by atoms with Crippen LogP contribution in [0, 0.1) is 0 Å². The van der Waals surface area contributed by atoms with E-state index < -0.39 is 0 Å². The zero-order valence-electron chi connectivity index (χ0n) is 17.9. The topological polar surface area (TPSA) is 73.0 Å². The van der Waals surface area contributed by atoms with Crippen molar-refractivity contribution < 1.29 is 23.7 Å². The minimum Gasteiger partial charge on any atom is -0.496 e. The Hall–Kier alpha value is -2.90. The van der Waals surface area contributed by atoms with Crippen LogP contribution in [0.15, 0.2) is 36.4 Å². The van der Waals surface area contributed by atoms with Gasteiger partial charge in [-0.15, -0.1) is 0 Å². The molecular weight excluding hydrogens is 420 g/mol. The fraction of sp³-hybridized carbons (Fsp3) is 0.348. The molecular formula is C23H25ClN2O5. The molecule has 8 heteroatoms. The molecule has 1 aliphatic heterocycles. The van der Waals surface area contributed by atoms with Gasteiger partial charge < -0.3 is 28.8 Å². The highest BCUT2D eigenvalue weighted by atomic mass is 35.5. The number of carbonyl (C=O) groups excluding carboxylic acids is 1. The maximum Gasteiger partial charge on any atom is 0.270 e. The Morgan fingerprint density at radius 1 is 1.13 bits per heavy atom. The lowest BCUT2D eigenvalue weighted by molar-refractivity contribution is -0.0487. The number of aromatic nitrogens is 1. The molecule has 3 aromatic rings. The van der Waals surface area contributed by atoms with Gasteiger partial charge in [0.05, 0.1) is 46.0 Å². The number of ether oxygens (including phenoxy) is 4. The second-order valence-electron chi connectivity index (χ2n) is 7.44. The number of H-pyrrole nitrogens is 1. The zero-order chi connectivity index (χ0) is 22.1. The summed E-state index contributed by atoms with van der Waals surface area (Å²) in [4.78, 5) is 18.5. The van der Waals surface area contributed by atoms with Crippen molar-refractivity contribution in [2.24, 2.45) is 0 Å². The number of nitrogens with one attached hydrogen (secondary N) is 1. The van der Waals surface area contributed by atoms with Crippen LogP contribution >= 0.6 is 11.6 Å². The van der Waals surface area contributed by atoms with Crippen molar-refractivity contribution in [1.29, 1.82) is 0 Å². The first kappa shape index (κ1) is 21.3. The normalized spacial score (nSPS) is 18.8. The average molecular weight is 445 g/mol. The first-order valence-corrected chi connectivity index (χ1v) is 10.3. The molecule has 2 aromatic carbocycles. The molecule has 7 nitrogen and oxygen atoms in total. The van der Waals surface area contributed by atoms with E-state index in [1.165, 1.54) is 0 Å². The van der Waals surface area contributed by atoms with E-state index in [4.69, 9.17) is 30.5 Å². The van der Waals surface area contributed by atoms with Crippen molar-refractivity contribution in [2.75, 3.05) is 34.5 Å². The summed E-state index contributed by atoms with van der Waals surface area (Å²) in [5.41, 5.74) is 1.95. The Kier molecular flexibility index (Phi) is 5.98. The zero-order valence-corrected chi connectivity index (χ0v) is 18.7. The lowest BCUT2D eigenvalue weighted by Gasteiger charge is -2.38. The van der Waals surface area contributed by atoms with Gasteiger partial charge in [0, 0.05) is 22.0 Å². The van der Waals surface area contributed by atoms with Crippen LogP contribution in [-0.2, 0) is 4.74 Å². The third-order valence-corrected chi connectivity index (χ3v) is 5.96. The summed E-state index contributed by atoms with van der Waals surface area (Å²) in [6.07, 6.45) is -0.289. The average Bonchev–Trinajstić information content (AvgIpc) is 3.23. The van der Waals surface area contributed by atoms with E-state index in [1.807, 2.05) is 31.2 Å². The molecule has 164 valence electrons. The molecule has 4 rings (SSSR count). The summed E-state index contributed by atoms with van der Waals surface area (Å²) in [5.74, 6) is 1.49. The predicted molar refractivity (Wildman–Crippen MR) is 119 cm³/mol. The van der Waals surface area contributed by atoms with Crippen LogP contribution < -0.4 is 14.2 Å². The van der Waals surface area contributed by atoms with E-state index in [0.29, 0.717) is 46.6 Å². The van der Waals surface area contributed by atoms with E-state index in [2.05, 4.69) is 4.98 Å². The van der Waals surface area contributed by atoms with Gasteiger partial charge in [-0.2, -0.15) is 0 Å². The molecule has 1 saturated heterocycles. The summed E-state index contributed by atoms with van der Waals surface area (Å²) < 4.78 is 22.4. The molecule has 2 heterocycles. The first-order valence-electron chi connectivity index (χ1n) is 9.97. The second-order valence-corrected chi connectivity index (χ2v) is 7.84. The van der Waals surface area contributed by atoms with Crippen LogP contribution in [-0.4, -0.2) is 56.3 Å². The standard InChI is InChI=1S/C23H25ClN2O5/c1-13-12-31-20(14-7-5-6-8-16(14)24)11-26(13)23(27)17-9-15-18(28-2)10-19(29-3)22(30-4)21(15)25-17/h5-10,13,20,25H,11-12H2,1-4H3/t13-,20-/m1/s1. The van der Waals surface area contributed by atoms with Crippen LogP contribution in [0.1, 0.15) is 29.1 Å². The maximum absolute atomic E-state index is 13.5. The molecule has 1 N–H and O–H groups in total. The number of morpholine rings is 1. The highest BCUT2D eigenvalue weighted by Crippen LogP contribution is 2.41. The minimum atomic E-state index is -0.289. The number of methoxy groups -OCH3 is 3. The first-order chi connectivity index (χ1) is 15.0. The molecule has 2 atom stereocenters. The number of aromatic amines is 1. The number of hydrogen-bond acceptors (Lipinski definition) is 5. The van der Waals surface area contributed by atoms with Crippen molar-refractivity contribution in [2.45, 2.75) is 19.1 Å². The van der Waals surface area contributed by atoms with Crippen LogP contribution in [0.25, 0.3) is 10.9 Å². The van der Waals surface area contributed by atoms with Gasteiger partial charge in [0.2, 0.25) is 0 Å². The maximum atomic E-state index is 13.5. The lowest BCUT2D eigenvalue weighted by Crippen LogP contribution is -2.48. The smallest absolute Gasteiger partial charge is 0.270 e.